The molecule has 1 aromatic rings. The Morgan fingerprint density at radius 1 is 1.17 bits per heavy atom. The van der Waals surface area contributed by atoms with Crippen LogP contribution in [0.15, 0.2) is 4.52 Å². The molecule has 1 aromatic heterocycles. The monoisotopic (exact) mass is 419 g/mol. The first-order chi connectivity index (χ1) is 14.7. The van der Waals surface area contributed by atoms with E-state index in [1.807, 2.05) is 0 Å². The molecule has 1 aliphatic carbocycles. The summed E-state index contributed by atoms with van der Waals surface area (Å²) < 4.78 is 16.6. The van der Waals surface area contributed by atoms with Crippen LogP contribution in [0.3, 0.4) is 0 Å². The smallest absolute Gasteiger partial charge is 0.229 e. The highest BCUT2D eigenvalue weighted by Gasteiger charge is 2.43. The maximum absolute atomic E-state index is 13.1. The number of nitrogens with zero attached hydrogens (tertiary/aromatic N) is 3. The summed E-state index contributed by atoms with van der Waals surface area (Å²) in [6, 6.07) is 0. The Morgan fingerprint density at radius 3 is 2.73 bits per heavy atom. The standard InChI is InChI=1S/C23H37N3O4/c1-28-15-11-23(22-24-21(30-25-22)19-8-13-29-14-9-19)10-5-12-26(17-23)20(27)16-18-6-3-2-4-7-18/h18-19H,2-17H2,1H3. The number of likely N-dealkylation sites (tertiary alicyclic amines) is 1. The van der Waals surface area contributed by atoms with Gasteiger partial charge in [0, 0.05) is 52.4 Å². The highest BCUT2D eigenvalue weighted by Crippen LogP contribution is 2.38. The molecule has 30 heavy (non-hydrogen) atoms. The normalized spacial score (nSPS) is 26.8. The van der Waals surface area contributed by atoms with E-state index in [-0.39, 0.29) is 11.3 Å². The van der Waals surface area contributed by atoms with Gasteiger partial charge in [-0.25, -0.2) is 0 Å². The van der Waals surface area contributed by atoms with Gasteiger partial charge >= 0.3 is 0 Å². The molecule has 0 spiro atoms. The maximum Gasteiger partial charge on any atom is 0.229 e. The number of piperidine rings is 1. The summed E-state index contributed by atoms with van der Waals surface area (Å²) in [4.78, 5) is 20.1. The predicted molar refractivity (Wildman–Crippen MR) is 112 cm³/mol. The van der Waals surface area contributed by atoms with E-state index >= 15 is 0 Å². The quantitative estimate of drug-likeness (QED) is 0.668. The molecule has 1 unspecified atom stereocenters. The Kier molecular flexibility index (Phi) is 7.41. The Morgan fingerprint density at radius 2 is 1.97 bits per heavy atom. The second-order valence-corrected chi connectivity index (χ2v) is 9.49. The lowest BCUT2D eigenvalue weighted by atomic mass is 9.76. The molecule has 7 heteroatoms. The third-order valence-electron chi connectivity index (χ3n) is 7.39. The summed E-state index contributed by atoms with van der Waals surface area (Å²) in [5, 5.41) is 4.43. The Balaban J connectivity index is 1.47. The average Bonchev–Trinajstić information content (AvgIpc) is 3.30. The lowest BCUT2D eigenvalue weighted by Crippen LogP contribution is -2.50. The molecular weight excluding hydrogens is 382 g/mol. The number of aromatic nitrogens is 2. The lowest BCUT2D eigenvalue weighted by Gasteiger charge is -2.41. The van der Waals surface area contributed by atoms with Crippen molar-refractivity contribution in [2.45, 2.75) is 82.0 Å². The van der Waals surface area contributed by atoms with Crippen molar-refractivity contribution in [2.75, 3.05) is 40.0 Å². The molecule has 1 saturated carbocycles. The van der Waals surface area contributed by atoms with Gasteiger partial charge in [-0.15, -0.1) is 0 Å². The van der Waals surface area contributed by atoms with Gasteiger partial charge in [0.05, 0.1) is 5.41 Å². The number of ether oxygens (including phenoxy) is 2. The number of hydrogen-bond donors (Lipinski definition) is 0. The summed E-state index contributed by atoms with van der Waals surface area (Å²) in [5.74, 6) is 2.64. The van der Waals surface area contributed by atoms with Gasteiger partial charge in [-0.1, -0.05) is 24.4 Å². The van der Waals surface area contributed by atoms with Gasteiger partial charge in [-0.05, 0) is 50.9 Å². The maximum atomic E-state index is 13.1. The zero-order chi connectivity index (χ0) is 20.8. The fraction of sp³-hybridized carbons (Fsp3) is 0.870. The fourth-order valence-corrected chi connectivity index (χ4v) is 5.47. The minimum absolute atomic E-state index is 0.274. The van der Waals surface area contributed by atoms with Gasteiger partial charge < -0.3 is 18.9 Å². The van der Waals surface area contributed by atoms with Crippen molar-refractivity contribution in [3.8, 4) is 0 Å². The molecule has 3 aliphatic rings. The van der Waals surface area contributed by atoms with Crippen molar-refractivity contribution in [1.29, 1.82) is 0 Å². The average molecular weight is 420 g/mol. The third kappa shape index (κ3) is 5.05. The molecule has 0 radical (unpaired) electrons. The van der Waals surface area contributed by atoms with Crippen molar-refractivity contribution < 1.29 is 18.8 Å². The minimum atomic E-state index is -0.274. The van der Waals surface area contributed by atoms with Crippen LogP contribution < -0.4 is 0 Å². The Labute approximate surface area is 179 Å². The minimum Gasteiger partial charge on any atom is -0.385 e. The summed E-state index contributed by atoms with van der Waals surface area (Å²) in [5.41, 5.74) is -0.274. The number of carbonyl (C=O) groups excluding carboxylic acids is 1. The summed E-state index contributed by atoms with van der Waals surface area (Å²) in [7, 11) is 1.73. The van der Waals surface area contributed by atoms with Gasteiger partial charge in [0.15, 0.2) is 5.82 Å². The molecular formula is C23H37N3O4. The number of methoxy groups -OCH3 is 1. The number of carbonyl (C=O) groups is 1. The van der Waals surface area contributed by atoms with Crippen LogP contribution in [0.25, 0.3) is 0 Å². The van der Waals surface area contributed by atoms with E-state index in [9.17, 15) is 4.79 Å². The van der Waals surface area contributed by atoms with E-state index in [1.54, 1.807) is 7.11 Å². The van der Waals surface area contributed by atoms with E-state index in [4.69, 9.17) is 19.0 Å². The lowest BCUT2D eigenvalue weighted by molar-refractivity contribution is -0.135. The van der Waals surface area contributed by atoms with Crippen LogP contribution in [0.1, 0.15) is 88.3 Å². The first-order valence-corrected chi connectivity index (χ1v) is 11.9. The zero-order valence-electron chi connectivity index (χ0n) is 18.4. The summed E-state index contributed by atoms with van der Waals surface area (Å²) >= 11 is 0. The first-order valence-electron chi connectivity index (χ1n) is 11.9. The molecule has 3 heterocycles. The van der Waals surface area contributed by atoms with E-state index in [2.05, 4.69) is 10.1 Å². The van der Waals surface area contributed by atoms with Gasteiger partial charge in [-0.3, -0.25) is 4.79 Å². The second-order valence-electron chi connectivity index (χ2n) is 9.49. The molecule has 0 aromatic carbocycles. The first kappa shape index (κ1) is 21.8. The van der Waals surface area contributed by atoms with Crippen molar-refractivity contribution in [2.24, 2.45) is 5.92 Å². The second kappa shape index (κ2) is 10.2. The number of rotatable bonds is 7. The van der Waals surface area contributed by atoms with Crippen LogP contribution in [-0.4, -0.2) is 61.0 Å². The molecule has 2 saturated heterocycles. The van der Waals surface area contributed by atoms with E-state index in [0.717, 1.165) is 63.6 Å². The number of hydrogen-bond acceptors (Lipinski definition) is 6. The Bertz CT molecular complexity index is 682. The largest absolute Gasteiger partial charge is 0.385 e. The van der Waals surface area contributed by atoms with Crippen molar-refractivity contribution in [1.82, 2.24) is 15.0 Å². The van der Waals surface area contributed by atoms with Crippen LogP contribution in [0.4, 0.5) is 0 Å². The molecule has 7 nitrogen and oxygen atoms in total. The molecule has 3 fully saturated rings. The number of amides is 1. The van der Waals surface area contributed by atoms with Crippen LogP contribution >= 0.6 is 0 Å². The summed E-state index contributed by atoms with van der Waals surface area (Å²) in [6.07, 6.45) is 11.6. The molecule has 1 atom stereocenters. The molecule has 0 bridgehead atoms. The van der Waals surface area contributed by atoms with Gasteiger partial charge in [-0.2, -0.15) is 4.98 Å². The Hall–Kier alpha value is -1.47. The van der Waals surface area contributed by atoms with Gasteiger partial charge in [0.1, 0.15) is 0 Å². The highest BCUT2D eigenvalue weighted by atomic mass is 16.5. The van der Waals surface area contributed by atoms with Crippen LogP contribution in [0.5, 0.6) is 0 Å². The van der Waals surface area contributed by atoms with Crippen LogP contribution in [-0.2, 0) is 19.7 Å². The molecule has 4 rings (SSSR count). The van der Waals surface area contributed by atoms with Crippen molar-refractivity contribution in [3.63, 3.8) is 0 Å². The zero-order valence-corrected chi connectivity index (χ0v) is 18.4. The van der Waals surface area contributed by atoms with Crippen LogP contribution in [0, 0.1) is 5.92 Å². The van der Waals surface area contributed by atoms with E-state index in [0.29, 0.717) is 31.4 Å². The van der Waals surface area contributed by atoms with Crippen molar-refractivity contribution >= 4 is 5.91 Å². The fourth-order valence-electron chi connectivity index (χ4n) is 5.47. The summed E-state index contributed by atoms with van der Waals surface area (Å²) in [6.45, 7) is 3.65. The van der Waals surface area contributed by atoms with Gasteiger partial charge in [0.25, 0.3) is 0 Å². The topological polar surface area (TPSA) is 77.7 Å². The predicted octanol–water partition coefficient (Wildman–Crippen LogP) is 3.83. The van der Waals surface area contributed by atoms with E-state index < -0.39 is 0 Å². The third-order valence-corrected chi connectivity index (χ3v) is 7.39. The highest BCUT2D eigenvalue weighted by molar-refractivity contribution is 5.76. The molecule has 1 amide bonds. The molecule has 168 valence electrons. The SMILES string of the molecule is COCCC1(c2noc(C3CCOCC3)n2)CCCN(C(=O)CC2CCCCC2)C1. The van der Waals surface area contributed by atoms with Crippen molar-refractivity contribution in [3.05, 3.63) is 11.7 Å². The van der Waals surface area contributed by atoms with Crippen LogP contribution in [0.2, 0.25) is 0 Å². The van der Waals surface area contributed by atoms with E-state index in [1.165, 1.54) is 32.1 Å². The molecule has 0 N–H and O–H groups in total. The molecule has 2 aliphatic heterocycles. The van der Waals surface area contributed by atoms with Gasteiger partial charge in [0.2, 0.25) is 11.8 Å².